The molecule has 0 radical (unpaired) electrons. The van der Waals surface area contributed by atoms with Crippen molar-refractivity contribution in [3.05, 3.63) is 11.8 Å². The van der Waals surface area contributed by atoms with Crippen LogP contribution in [0.2, 0.25) is 0 Å². The minimum absolute atomic E-state index is 0.0552. The van der Waals surface area contributed by atoms with Gasteiger partial charge in [0.25, 0.3) is 0 Å². The van der Waals surface area contributed by atoms with E-state index in [0.717, 1.165) is 6.07 Å². The maximum Gasteiger partial charge on any atom is 0.433 e. The van der Waals surface area contributed by atoms with Gasteiger partial charge in [0.2, 0.25) is 5.95 Å². The normalized spacial score (nSPS) is 13.1. The Labute approximate surface area is 115 Å². The predicted molar refractivity (Wildman–Crippen MR) is 70.6 cm³/mol. The van der Waals surface area contributed by atoms with E-state index in [1.165, 1.54) is 0 Å². The van der Waals surface area contributed by atoms with Gasteiger partial charge in [0.05, 0.1) is 6.10 Å². The van der Waals surface area contributed by atoms with Crippen molar-refractivity contribution in [2.75, 3.05) is 23.7 Å². The molecule has 20 heavy (non-hydrogen) atoms. The highest BCUT2D eigenvalue weighted by molar-refractivity contribution is 5.43. The molecule has 0 saturated heterocycles. The summed E-state index contributed by atoms with van der Waals surface area (Å²) in [5.74, 6) is 0.0641. The van der Waals surface area contributed by atoms with E-state index in [-0.39, 0.29) is 11.8 Å². The number of rotatable bonds is 7. The molecule has 0 fully saturated rings. The van der Waals surface area contributed by atoms with Crippen LogP contribution in [0.15, 0.2) is 6.07 Å². The largest absolute Gasteiger partial charge is 0.433 e. The highest BCUT2D eigenvalue weighted by atomic mass is 19.4. The van der Waals surface area contributed by atoms with Gasteiger partial charge in [-0.1, -0.05) is 0 Å². The van der Waals surface area contributed by atoms with Crippen LogP contribution in [0.4, 0.5) is 24.9 Å². The minimum atomic E-state index is -4.51. The van der Waals surface area contributed by atoms with Crippen LogP contribution >= 0.6 is 0 Å². The fourth-order valence-corrected chi connectivity index (χ4v) is 1.53. The number of aliphatic hydroxyl groups is 1. The Morgan fingerprint density at radius 1 is 1.30 bits per heavy atom. The number of halogens is 3. The minimum Gasteiger partial charge on any atom is -0.393 e. The van der Waals surface area contributed by atoms with E-state index >= 15 is 0 Å². The average Bonchev–Trinajstić information content (AvgIpc) is 2.33. The molecular weight excluding hydrogens is 273 g/mol. The molecule has 1 unspecified atom stereocenters. The Balaban J connectivity index is 2.76. The summed E-state index contributed by atoms with van der Waals surface area (Å²) in [5.41, 5.74) is -0.985. The zero-order valence-electron chi connectivity index (χ0n) is 11.5. The fraction of sp³-hybridized carbons (Fsp3) is 0.667. The number of anilines is 2. The first-order valence-electron chi connectivity index (χ1n) is 6.45. The number of hydrogen-bond donors (Lipinski definition) is 3. The lowest BCUT2D eigenvalue weighted by atomic mass is 10.2. The second kappa shape index (κ2) is 7.28. The second-order valence-electron chi connectivity index (χ2n) is 4.41. The highest BCUT2D eigenvalue weighted by Gasteiger charge is 2.33. The lowest BCUT2D eigenvalue weighted by molar-refractivity contribution is -0.141. The number of alkyl halides is 3. The predicted octanol–water partition coefficient (Wildman–Crippen LogP) is 2.50. The van der Waals surface area contributed by atoms with Crippen LogP contribution in [0.5, 0.6) is 0 Å². The van der Waals surface area contributed by atoms with Gasteiger partial charge in [0.15, 0.2) is 5.69 Å². The molecule has 0 aliphatic rings. The van der Waals surface area contributed by atoms with E-state index in [1.54, 1.807) is 13.8 Å². The van der Waals surface area contributed by atoms with Crippen molar-refractivity contribution in [1.82, 2.24) is 9.97 Å². The quantitative estimate of drug-likeness (QED) is 0.674. The third-order valence-corrected chi connectivity index (χ3v) is 2.46. The molecule has 5 nitrogen and oxygen atoms in total. The molecule has 114 valence electrons. The molecule has 1 rings (SSSR count). The molecule has 0 amide bonds. The zero-order valence-corrected chi connectivity index (χ0v) is 11.5. The van der Waals surface area contributed by atoms with Crippen LogP contribution in [0.3, 0.4) is 0 Å². The van der Waals surface area contributed by atoms with Gasteiger partial charge in [0, 0.05) is 19.2 Å². The summed E-state index contributed by atoms with van der Waals surface area (Å²) >= 11 is 0. The summed E-state index contributed by atoms with van der Waals surface area (Å²) in [6, 6.07) is 0.878. The Bertz CT molecular complexity index is 424. The molecule has 0 aliphatic carbocycles. The van der Waals surface area contributed by atoms with Crippen molar-refractivity contribution in [1.29, 1.82) is 0 Å². The van der Waals surface area contributed by atoms with Gasteiger partial charge in [-0.25, -0.2) is 4.98 Å². The molecular formula is C12H19F3N4O. The van der Waals surface area contributed by atoms with Gasteiger partial charge in [-0.3, -0.25) is 0 Å². The smallest absolute Gasteiger partial charge is 0.393 e. The topological polar surface area (TPSA) is 70.1 Å². The standard InChI is InChI=1S/C12H19F3N4O/c1-3-16-11-18-9(12(13,14)15)7-10(19-11)17-6-4-5-8(2)20/h7-8,20H,3-6H2,1-2H3,(H2,16,17,18,19). The first-order valence-corrected chi connectivity index (χ1v) is 6.45. The van der Waals surface area contributed by atoms with Gasteiger partial charge in [0.1, 0.15) is 5.82 Å². The lowest BCUT2D eigenvalue weighted by Gasteiger charge is -2.12. The monoisotopic (exact) mass is 292 g/mol. The van der Waals surface area contributed by atoms with E-state index in [9.17, 15) is 13.2 Å². The Kier molecular flexibility index (Phi) is 6.00. The summed E-state index contributed by atoms with van der Waals surface area (Å²) in [7, 11) is 0. The summed E-state index contributed by atoms with van der Waals surface area (Å²) in [6.07, 6.45) is -3.72. The third-order valence-electron chi connectivity index (χ3n) is 2.46. The van der Waals surface area contributed by atoms with Crippen LogP contribution in [-0.4, -0.2) is 34.3 Å². The van der Waals surface area contributed by atoms with Gasteiger partial charge < -0.3 is 15.7 Å². The van der Waals surface area contributed by atoms with Crippen LogP contribution in [0.1, 0.15) is 32.4 Å². The van der Waals surface area contributed by atoms with E-state index < -0.39 is 18.0 Å². The van der Waals surface area contributed by atoms with Crippen molar-refractivity contribution in [2.24, 2.45) is 0 Å². The molecule has 0 aliphatic heterocycles. The van der Waals surface area contributed by atoms with Gasteiger partial charge in [-0.05, 0) is 26.7 Å². The van der Waals surface area contributed by atoms with Crippen LogP contribution in [0.25, 0.3) is 0 Å². The molecule has 1 atom stereocenters. The molecule has 0 aromatic carbocycles. The number of nitrogens with one attached hydrogen (secondary N) is 2. The average molecular weight is 292 g/mol. The van der Waals surface area contributed by atoms with Crippen LogP contribution in [-0.2, 0) is 6.18 Å². The number of nitrogens with zero attached hydrogens (tertiary/aromatic N) is 2. The fourth-order valence-electron chi connectivity index (χ4n) is 1.53. The molecule has 8 heteroatoms. The first-order chi connectivity index (χ1) is 9.32. The van der Waals surface area contributed by atoms with E-state index in [4.69, 9.17) is 5.11 Å². The maximum atomic E-state index is 12.7. The molecule has 0 saturated carbocycles. The molecule has 0 spiro atoms. The Morgan fingerprint density at radius 3 is 2.55 bits per heavy atom. The van der Waals surface area contributed by atoms with Crippen molar-refractivity contribution in [3.63, 3.8) is 0 Å². The molecule has 1 heterocycles. The highest BCUT2D eigenvalue weighted by Crippen LogP contribution is 2.29. The van der Waals surface area contributed by atoms with E-state index in [2.05, 4.69) is 20.6 Å². The van der Waals surface area contributed by atoms with Crippen molar-refractivity contribution >= 4 is 11.8 Å². The summed E-state index contributed by atoms with van der Waals surface area (Å²) in [5, 5.41) is 14.6. The van der Waals surface area contributed by atoms with E-state index in [1.807, 2.05) is 0 Å². The first kappa shape index (κ1) is 16.5. The second-order valence-corrected chi connectivity index (χ2v) is 4.41. The molecule has 1 aromatic heterocycles. The molecule has 3 N–H and O–H groups in total. The lowest BCUT2D eigenvalue weighted by Crippen LogP contribution is -2.15. The van der Waals surface area contributed by atoms with Crippen molar-refractivity contribution in [3.8, 4) is 0 Å². The summed E-state index contributed by atoms with van der Waals surface area (Å²) in [6.45, 7) is 4.28. The van der Waals surface area contributed by atoms with Gasteiger partial charge in [-0.2, -0.15) is 18.2 Å². The maximum absolute atomic E-state index is 12.7. The SMILES string of the molecule is CCNc1nc(NCCCC(C)O)cc(C(F)(F)F)n1. The van der Waals surface area contributed by atoms with Crippen LogP contribution in [0, 0.1) is 0 Å². The van der Waals surface area contributed by atoms with Crippen molar-refractivity contribution in [2.45, 2.75) is 39.0 Å². The Hall–Kier alpha value is -1.57. The number of hydrogen-bond acceptors (Lipinski definition) is 5. The number of aromatic nitrogens is 2. The van der Waals surface area contributed by atoms with E-state index in [0.29, 0.717) is 25.9 Å². The zero-order chi connectivity index (χ0) is 15.2. The summed E-state index contributed by atoms with van der Waals surface area (Å²) in [4.78, 5) is 7.38. The van der Waals surface area contributed by atoms with Gasteiger partial charge >= 0.3 is 6.18 Å². The Morgan fingerprint density at radius 2 is 2.00 bits per heavy atom. The summed E-state index contributed by atoms with van der Waals surface area (Å²) < 4.78 is 38.1. The third kappa shape index (κ3) is 5.60. The van der Waals surface area contributed by atoms with Crippen LogP contribution < -0.4 is 10.6 Å². The van der Waals surface area contributed by atoms with Gasteiger partial charge in [-0.15, -0.1) is 0 Å². The number of aliphatic hydroxyl groups excluding tert-OH is 1. The molecule has 1 aromatic rings. The van der Waals surface area contributed by atoms with Crippen molar-refractivity contribution < 1.29 is 18.3 Å². The molecule has 0 bridgehead atoms.